The SMILES string of the molecule is Cc1noc(C)c1S(=O)(=O)N1CCCC1c1nc2ccccc2c(=O)n1CC1CC1. The van der Waals surface area contributed by atoms with Gasteiger partial charge in [-0.25, -0.2) is 13.4 Å². The third kappa shape index (κ3) is 3.07. The van der Waals surface area contributed by atoms with E-state index in [1.165, 1.54) is 4.31 Å². The van der Waals surface area contributed by atoms with Crippen molar-refractivity contribution in [1.82, 2.24) is 19.0 Å². The molecule has 1 aromatic carbocycles. The predicted octanol–water partition coefficient (Wildman–Crippen LogP) is 2.94. The molecule has 2 fully saturated rings. The highest BCUT2D eigenvalue weighted by molar-refractivity contribution is 7.89. The molecule has 5 rings (SSSR count). The first-order valence-electron chi connectivity index (χ1n) is 10.3. The highest BCUT2D eigenvalue weighted by atomic mass is 32.2. The van der Waals surface area contributed by atoms with Crippen LogP contribution < -0.4 is 5.56 Å². The Bertz CT molecular complexity index is 1270. The number of aryl methyl sites for hydroxylation is 2. The highest BCUT2D eigenvalue weighted by Crippen LogP contribution is 2.38. The summed E-state index contributed by atoms with van der Waals surface area (Å²) in [5, 5.41) is 4.39. The largest absolute Gasteiger partial charge is 0.360 e. The van der Waals surface area contributed by atoms with E-state index in [1.54, 1.807) is 24.5 Å². The molecule has 3 aromatic rings. The number of hydrogen-bond donors (Lipinski definition) is 0. The van der Waals surface area contributed by atoms with E-state index in [0.29, 0.717) is 54.3 Å². The summed E-state index contributed by atoms with van der Waals surface area (Å²) in [6.45, 7) is 4.20. The highest BCUT2D eigenvalue weighted by Gasteiger charge is 2.41. The summed E-state index contributed by atoms with van der Waals surface area (Å²) in [7, 11) is -3.83. The normalized spacial score (nSPS) is 20.3. The maximum absolute atomic E-state index is 13.5. The van der Waals surface area contributed by atoms with E-state index in [4.69, 9.17) is 9.51 Å². The standard InChI is InChI=1S/C21H24N4O4S/c1-13-19(14(2)29-23-13)30(27,28)25-11-5-8-18(25)20-22-17-7-4-3-6-16(17)21(26)24(20)12-15-9-10-15/h3-4,6-7,15,18H,5,8-12H2,1-2H3. The Balaban J connectivity index is 1.66. The summed E-state index contributed by atoms with van der Waals surface area (Å²) < 4.78 is 35.4. The number of hydrogen-bond acceptors (Lipinski definition) is 6. The van der Waals surface area contributed by atoms with E-state index in [1.807, 2.05) is 18.2 Å². The molecule has 30 heavy (non-hydrogen) atoms. The van der Waals surface area contributed by atoms with Crippen LogP contribution in [0.4, 0.5) is 0 Å². The fraction of sp³-hybridized carbons (Fsp3) is 0.476. The molecule has 1 unspecified atom stereocenters. The van der Waals surface area contributed by atoms with Crippen molar-refractivity contribution in [1.29, 1.82) is 0 Å². The van der Waals surface area contributed by atoms with Gasteiger partial charge in [0.2, 0.25) is 10.0 Å². The molecule has 1 saturated carbocycles. The molecule has 158 valence electrons. The Morgan fingerprint density at radius 3 is 2.63 bits per heavy atom. The number of sulfonamides is 1. The molecular formula is C21H24N4O4S. The van der Waals surface area contributed by atoms with Crippen LogP contribution >= 0.6 is 0 Å². The fourth-order valence-corrected chi connectivity index (χ4v) is 6.37. The minimum Gasteiger partial charge on any atom is -0.360 e. The Labute approximate surface area is 174 Å². The van der Waals surface area contributed by atoms with Crippen molar-refractivity contribution in [3.63, 3.8) is 0 Å². The summed E-state index contributed by atoms with van der Waals surface area (Å²) in [4.78, 5) is 18.2. The van der Waals surface area contributed by atoms with Gasteiger partial charge in [-0.2, -0.15) is 4.31 Å². The van der Waals surface area contributed by atoms with Gasteiger partial charge >= 0.3 is 0 Å². The van der Waals surface area contributed by atoms with Crippen LogP contribution in [0.15, 0.2) is 38.5 Å². The van der Waals surface area contributed by atoms with Gasteiger partial charge in [-0.3, -0.25) is 9.36 Å². The lowest BCUT2D eigenvalue weighted by atomic mass is 10.1. The van der Waals surface area contributed by atoms with E-state index in [2.05, 4.69) is 5.16 Å². The zero-order valence-electron chi connectivity index (χ0n) is 17.0. The first-order valence-corrected chi connectivity index (χ1v) is 11.8. The van der Waals surface area contributed by atoms with Crippen LogP contribution in [0, 0.1) is 19.8 Å². The smallest absolute Gasteiger partial charge is 0.261 e. The first-order chi connectivity index (χ1) is 14.4. The maximum atomic E-state index is 13.5. The molecule has 9 heteroatoms. The molecule has 1 saturated heterocycles. The summed E-state index contributed by atoms with van der Waals surface area (Å²) >= 11 is 0. The zero-order valence-corrected chi connectivity index (χ0v) is 17.9. The van der Waals surface area contributed by atoms with Gasteiger partial charge in [-0.1, -0.05) is 17.3 Å². The van der Waals surface area contributed by atoms with Crippen LogP contribution in [-0.2, 0) is 16.6 Å². The van der Waals surface area contributed by atoms with E-state index in [-0.39, 0.29) is 16.2 Å². The van der Waals surface area contributed by atoms with Crippen LogP contribution in [0.5, 0.6) is 0 Å². The van der Waals surface area contributed by atoms with Crippen LogP contribution in [-0.4, -0.2) is 34.0 Å². The molecule has 0 radical (unpaired) electrons. The molecule has 2 aliphatic rings. The van der Waals surface area contributed by atoms with E-state index >= 15 is 0 Å². The van der Waals surface area contributed by atoms with Gasteiger partial charge in [0.05, 0.1) is 16.9 Å². The minimum absolute atomic E-state index is 0.0934. The summed E-state index contributed by atoms with van der Waals surface area (Å²) in [6, 6.07) is 6.78. The van der Waals surface area contributed by atoms with Crippen molar-refractivity contribution >= 4 is 20.9 Å². The molecule has 3 heterocycles. The van der Waals surface area contributed by atoms with Crippen molar-refractivity contribution in [2.45, 2.75) is 57.0 Å². The summed E-state index contributed by atoms with van der Waals surface area (Å²) in [6.07, 6.45) is 3.51. The lowest BCUT2D eigenvalue weighted by molar-refractivity contribution is 0.362. The van der Waals surface area contributed by atoms with Gasteiger partial charge in [0.15, 0.2) is 5.76 Å². The number of nitrogens with zero attached hydrogens (tertiary/aromatic N) is 4. The molecule has 0 amide bonds. The second-order valence-electron chi connectivity index (χ2n) is 8.27. The van der Waals surface area contributed by atoms with E-state index in [9.17, 15) is 13.2 Å². The van der Waals surface area contributed by atoms with Crippen molar-refractivity contribution in [2.75, 3.05) is 6.54 Å². The Morgan fingerprint density at radius 2 is 1.93 bits per heavy atom. The van der Waals surface area contributed by atoms with Crippen LogP contribution in [0.2, 0.25) is 0 Å². The van der Waals surface area contributed by atoms with Crippen LogP contribution in [0.3, 0.4) is 0 Å². The number of para-hydroxylation sites is 1. The zero-order chi connectivity index (χ0) is 21.0. The fourth-order valence-electron chi connectivity index (χ4n) is 4.42. The second-order valence-corrected chi connectivity index (χ2v) is 10.1. The number of fused-ring (bicyclic) bond motifs is 1. The lowest BCUT2D eigenvalue weighted by Crippen LogP contribution is -2.36. The average Bonchev–Trinajstić information content (AvgIpc) is 3.26. The molecule has 0 bridgehead atoms. The Kier molecular flexibility index (Phi) is 4.55. The maximum Gasteiger partial charge on any atom is 0.261 e. The molecular weight excluding hydrogens is 404 g/mol. The van der Waals surface area contributed by atoms with E-state index < -0.39 is 16.1 Å². The first kappa shape index (κ1) is 19.4. The Morgan fingerprint density at radius 1 is 1.17 bits per heavy atom. The topological polar surface area (TPSA) is 98.3 Å². The number of rotatable bonds is 5. The van der Waals surface area contributed by atoms with Crippen molar-refractivity contribution in [2.24, 2.45) is 5.92 Å². The van der Waals surface area contributed by atoms with Gasteiger partial charge in [0, 0.05) is 13.1 Å². The predicted molar refractivity (Wildman–Crippen MR) is 111 cm³/mol. The number of benzene rings is 1. The average molecular weight is 429 g/mol. The van der Waals surface area contributed by atoms with Crippen LogP contribution in [0.25, 0.3) is 10.9 Å². The molecule has 2 aromatic heterocycles. The van der Waals surface area contributed by atoms with Crippen LogP contribution in [0.1, 0.15) is 49.0 Å². The molecule has 1 atom stereocenters. The molecule has 0 N–H and O–H groups in total. The summed E-state index contributed by atoms with van der Waals surface area (Å²) in [5.74, 6) is 1.27. The Hall–Kier alpha value is -2.52. The summed E-state index contributed by atoms with van der Waals surface area (Å²) in [5.41, 5.74) is 0.857. The van der Waals surface area contributed by atoms with E-state index in [0.717, 1.165) is 12.8 Å². The minimum atomic E-state index is -3.83. The monoisotopic (exact) mass is 428 g/mol. The van der Waals surface area contributed by atoms with Gasteiger partial charge in [0.25, 0.3) is 5.56 Å². The molecule has 8 nitrogen and oxygen atoms in total. The molecule has 1 aliphatic heterocycles. The quantitative estimate of drug-likeness (QED) is 0.620. The van der Waals surface area contributed by atoms with Crippen molar-refractivity contribution < 1.29 is 12.9 Å². The van der Waals surface area contributed by atoms with Gasteiger partial charge in [-0.15, -0.1) is 0 Å². The van der Waals surface area contributed by atoms with Gasteiger partial charge < -0.3 is 4.52 Å². The lowest BCUT2D eigenvalue weighted by Gasteiger charge is -2.26. The van der Waals surface area contributed by atoms with Crippen molar-refractivity contribution in [3.8, 4) is 0 Å². The molecule has 1 aliphatic carbocycles. The number of aromatic nitrogens is 3. The third-order valence-corrected chi connectivity index (χ3v) is 8.22. The second kappa shape index (κ2) is 7.02. The van der Waals surface area contributed by atoms with Gasteiger partial charge in [0.1, 0.15) is 16.4 Å². The molecule has 0 spiro atoms. The van der Waals surface area contributed by atoms with Gasteiger partial charge in [-0.05, 0) is 57.6 Å². The third-order valence-electron chi connectivity index (χ3n) is 6.07. The van der Waals surface area contributed by atoms with Crippen molar-refractivity contribution in [3.05, 3.63) is 51.9 Å².